The van der Waals surface area contributed by atoms with Crippen LogP contribution in [0.3, 0.4) is 0 Å². The first kappa shape index (κ1) is 15.5. The summed E-state index contributed by atoms with van der Waals surface area (Å²) < 4.78 is 1.81. The van der Waals surface area contributed by atoms with Crippen molar-refractivity contribution in [2.45, 2.75) is 46.1 Å². The van der Waals surface area contributed by atoms with Crippen LogP contribution in [-0.4, -0.2) is 44.8 Å². The van der Waals surface area contributed by atoms with Crippen molar-refractivity contribution in [2.75, 3.05) is 13.1 Å². The van der Waals surface area contributed by atoms with Crippen molar-refractivity contribution in [3.8, 4) is 0 Å². The molecule has 0 bridgehead atoms. The van der Waals surface area contributed by atoms with Gasteiger partial charge in [-0.05, 0) is 32.3 Å². The first-order valence-corrected chi connectivity index (χ1v) is 7.56. The molecule has 1 amide bonds. The summed E-state index contributed by atoms with van der Waals surface area (Å²) >= 11 is 0. The minimum Gasteiger partial charge on any atom is -0.481 e. The summed E-state index contributed by atoms with van der Waals surface area (Å²) in [6.07, 6.45) is 2.35. The Kier molecular flexibility index (Phi) is 4.65. The fourth-order valence-corrected chi connectivity index (χ4v) is 2.90. The summed E-state index contributed by atoms with van der Waals surface area (Å²) in [5.74, 6) is -1.37. The maximum atomic E-state index is 12.7. The number of carboxylic acids is 1. The molecule has 21 heavy (non-hydrogen) atoms. The lowest BCUT2D eigenvalue weighted by molar-refractivity contribution is -0.141. The lowest BCUT2D eigenvalue weighted by atomic mass is 10.1. The zero-order valence-electron chi connectivity index (χ0n) is 12.9. The molecule has 1 unspecified atom stereocenters. The highest BCUT2D eigenvalue weighted by Crippen LogP contribution is 2.23. The molecule has 1 aliphatic heterocycles. The van der Waals surface area contributed by atoms with Crippen LogP contribution < -0.4 is 0 Å². The van der Waals surface area contributed by atoms with E-state index in [9.17, 15) is 9.59 Å². The highest BCUT2D eigenvalue weighted by atomic mass is 16.4. The highest BCUT2D eigenvalue weighted by molar-refractivity contribution is 5.93. The van der Waals surface area contributed by atoms with Gasteiger partial charge in [0.05, 0.1) is 17.7 Å². The van der Waals surface area contributed by atoms with Crippen molar-refractivity contribution < 1.29 is 14.7 Å². The molecular weight excluding hydrogens is 270 g/mol. The van der Waals surface area contributed by atoms with E-state index in [2.05, 4.69) is 18.9 Å². The van der Waals surface area contributed by atoms with Crippen molar-refractivity contribution in [2.24, 2.45) is 5.92 Å². The number of carbonyl (C=O) groups excluding carboxylic acids is 1. The fourth-order valence-electron chi connectivity index (χ4n) is 2.90. The number of carboxylic acid groups (broad SMARTS) is 1. The molecule has 0 radical (unpaired) electrons. The molecule has 116 valence electrons. The standard InChI is InChI=1S/C15H23N3O3/c1-4-12(5-2)18-13(8-10(3)16-18)14(19)17-7-6-11(9-17)15(20)21/h8,11-12H,4-7,9H2,1-3H3,(H,20,21). The SMILES string of the molecule is CCC(CC)n1nc(C)cc1C(=O)N1CCC(C(=O)O)C1. The number of aryl methyl sites for hydroxylation is 1. The normalized spacial score (nSPS) is 18.5. The van der Waals surface area contributed by atoms with Crippen LogP contribution >= 0.6 is 0 Å². The number of carbonyl (C=O) groups is 2. The van der Waals surface area contributed by atoms with Gasteiger partial charge in [-0.1, -0.05) is 13.8 Å². The molecule has 1 aliphatic rings. The Bertz CT molecular complexity index is 534. The molecule has 1 aromatic heterocycles. The van der Waals surface area contributed by atoms with E-state index in [0.29, 0.717) is 25.2 Å². The van der Waals surface area contributed by atoms with Crippen molar-refractivity contribution >= 4 is 11.9 Å². The molecule has 6 heteroatoms. The van der Waals surface area contributed by atoms with E-state index in [1.165, 1.54) is 0 Å². The largest absolute Gasteiger partial charge is 0.481 e. The molecule has 6 nitrogen and oxygen atoms in total. The smallest absolute Gasteiger partial charge is 0.308 e. The number of rotatable bonds is 5. The number of likely N-dealkylation sites (tertiary alicyclic amines) is 1. The van der Waals surface area contributed by atoms with E-state index in [0.717, 1.165) is 18.5 Å². The van der Waals surface area contributed by atoms with Gasteiger partial charge >= 0.3 is 5.97 Å². The van der Waals surface area contributed by atoms with Crippen molar-refractivity contribution in [1.29, 1.82) is 0 Å². The second-order valence-electron chi connectivity index (χ2n) is 5.66. The summed E-state index contributed by atoms with van der Waals surface area (Å²) in [5.41, 5.74) is 1.39. The monoisotopic (exact) mass is 293 g/mol. The fraction of sp³-hybridized carbons (Fsp3) is 0.667. The zero-order chi connectivity index (χ0) is 15.6. The van der Waals surface area contributed by atoms with Crippen LogP contribution in [0.4, 0.5) is 0 Å². The van der Waals surface area contributed by atoms with Gasteiger partial charge < -0.3 is 10.0 Å². The molecule has 1 aromatic rings. The van der Waals surface area contributed by atoms with E-state index < -0.39 is 11.9 Å². The van der Waals surface area contributed by atoms with Crippen LogP contribution in [0.25, 0.3) is 0 Å². The van der Waals surface area contributed by atoms with Gasteiger partial charge in [0.25, 0.3) is 5.91 Å². The van der Waals surface area contributed by atoms with E-state index in [4.69, 9.17) is 5.11 Å². The maximum Gasteiger partial charge on any atom is 0.308 e. The van der Waals surface area contributed by atoms with Crippen LogP contribution in [0.5, 0.6) is 0 Å². The molecular formula is C15H23N3O3. The summed E-state index contributed by atoms with van der Waals surface area (Å²) in [6, 6.07) is 2.00. The van der Waals surface area contributed by atoms with Gasteiger partial charge in [0.1, 0.15) is 5.69 Å². The number of hydrogen-bond donors (Lipinski definition) is 1. The summed E-state index contributed by atoms with van der Waals surface area (Å²) in [5, 5.41) is 13.5. The summed E-state index contributed by atoms with van der Waals surface area (Å²) in [7, 11) is 0. The lowest BCUT2D eigenvalue weighted by Crippen LogP contribution is -2.32. The summed E-state index contributed by atoms with van der Waals surface area (Å²) in [6.45, 7) is 6.83. The van der Waals surface area contributed by atoms with Crippen molar-refractivity contribution in [3.63, 3.8) is 0 Å². The molecule has 1 fully saturated rings. The molecule has 2 rings (SSSR count). The Morgan fingerprint density at radius 3 is 2.62 bits per heavy atom. The van der Waals surface area contributed by atoms with Gasteiger partial charge in [-0.15, -0.1) is 0 Å². The minimum atomic E-state index is -0.824. The van der Waals surface area contributed by atoms with E-state index in [1.54, 1.807) is 11.0 Å². The minimum absolute atomic E-state index is 0.105. The van der Waals surface area contributed by atoms with E-state index in [1.807, 2.05) is 11.6 Å². The van der Waals surface area contributed by atoms with Crippen molar-refractivity contribution in [1.82, 2.24) is 14.7 Å². The molecule has 2 heterocycles. The Balaban J connectivity index is 2.22. The summed E-state index contributed by atoms with van der Waals surface area (Å²) in [4.78, 5) is 25.3. The maximum absolute atomic E-state index is 12.7. The van der Waals surface area contributed by atoms with Crippen LogP contribution in [-0.2, 0) is 4.79 Å². The molecule has 0 aliphatic carbocycles. The third kappa shape index (κ3) is 3.09. The van der Waals surface area contributed by atoms with Crippen LogP contribution in [0, 0.1) is 12.8 Å². The molecule has 1 atom stereocenters. The van der Waals surface area contributed by atoms with Gasteiger partial charge in [-0.2, -0.15) is 5.10 Å². The van der Waals surface area contributed by atoms with Gasteiger partial charge in [-0.3, -0.25) is 14.3 Å². The Labute approximate surface area is 124 Å². The zero-order valence-corrected chi connectivity index (χ0v) is 12.9. The third-order valence-electron chi connectivity index (χ3n) is 4.19. The Hall–Kier alpha value is -1.85. The third-order valence-corrected chi connectivity index (χ3v) is 4.19. The van der Waals surface area contributed by atoms with E-state index in [-0.39, 0.29) is 11.9 Å². The number of aliphatic carboxylic acids is 1. The van der Waals surface area contributed by atoms with Crippen LogP contribution in [0.2, 0.25) is 0 Å². The second-order valence-corrected chi connectivity index (χ2v) is 5.66. The molecule has 0 spiro atoms. The van der Waals surface area contributed by atoms with Gasteiger partial charge in [0.15, 0.2) is 0 Å². The van der Waals surface area contributed by atoms with E-state index >= 15 is 0 Å². The average molecular weight is 293 g/mol. The Morgan fingerprint density at radius 1 is 1.43 bits per heavy atom. The van der Waals surface area contributed by atoms with Gasteiger partial charge in [0, 0.05) is 13.1 Å². The number of hydrogen-bond acceptors (Lipinski definition) is 3. The highest BCUT2D eigenvalue weighted by Gasteiger charge is 2.33. The van der Waals surface area contributed by atoms with Crippen LogP contribution in [0.15, 0.2) is 6.07 Å². The number of nitrogens with zero attached hydrogens (tertiary/aromatic N) is 3. The van der Waals surface area contributed by atoms with Crippen molar-refractivity contribution in [3.05, 3.63) is 17.5 Å². The first-order valence-electron chi connectivity index (χ1n) is 7.56. The van der Waals surface area contributed by atoms with Gasteiger partial charge in [-0.25, -0.2) is 0 Å². The number of amides is 1. The molecule has 0 aromatic carbocycles. The molecule has 1 saturated heterocycles. The topological polar surface area (TPSA) is 75.4 Å². The van der Waals surface area contributed by atoms with Crippen LogP contribution in [0.1, 0.15) is 55.3 Å². The lowest BCUT2D eigenvalue weighted by Gasteiger charge is -2.20. The first-order chi connectivity index (χ1) is 9.97. The quantitative estimate of drug-likeness (QED) is 0.902. The Morgan fingerprint density at radius 2 is 2.10 bits per heavy atom. The second kappa shape index (κ2) is 6.28. The van der Waals surface area contributed by atoms with Gasteiger partial charge in [0.2, 0.25) is 0 Å². The molecule has 0 saturated carbocycles. The predicted octanol–water partition coefficient (Wildman–Crippen LogP) is 2.10. The average Bonchev–Trinajstić information content (AvgIpc) is 3.06. The predicted molar refractivity (Wildman–Crippen MR) is 78.2 cm³/mol. The molecule has 1 N–H and O–H groups in total. The number of aromatic nitrogens is 2.